The highest BCUT2D eigenvalue weighted by Crippen LogP contribution is 2.18. The molecular weight excluding hydrogens is 393 g/mol. The normalized spacial score (nSPS) is 14.7. The van der Waals surface area contributed by atoms with E-state index in [9.17, 15) is 17.6 Å². The van der Waals surface area contributed by atoms with Crippen LogP contribution in [0.3, 0.4) is 0 Å². The van der Waals surface area contributed by atoms with Crippen molar-refractivity contribution < 1.29 is 17.6 Å². The average Bonchev–Trinajstić information content (AvgIpc) is 3.18. The second-order valence-electron chi connectivity index (χ2n) is 7.27. The fourth-order valence-corrected chi connectivity index (χ4v) is 4.31. The van der Waals surface area contributed by atoms with E-state index in [2.05, 4.69) is 16.3 Å². The molecule has 1 aliphatic heterocycles. The van der Waals surface area contributed by atoms with Gasteiger partial charge in [0.1, 0.15) is 12.4 Å². The van der Waals surface area contributed by atoms with Crippen LogP contribution in [0.1, 0.15) is 24.0 Å². The van der Waals surface area contributed by atoms with E-state index in [0.29, 0.717) is 6.54 Å². The predicted octanol–water partition coefficient (Wildman–Crippen LogP) is 2.50. The van der Waals surface area contributed by atoms with Gasteiger partial charge < -0.3 is 5.32 Å². The Labute approximate surface area is 171 Å². The lowest BCUT2D eigenvalue weighted by Crippen LogP contribution is -2.40. The van der Waals surface area contributed by atoms with Crippen molar-refractivity contribution in [3.63, 3.8) is 0 Å². The SMILES string of the molecule is CS(=O)(=O)N(CC(=O)NCc1ccccc1CN1CCCC1)c1ccc(F)cc1. The number of hydrogen-bond donors (Lipinski definition) is 1. The number of amides is 1. The number of benzene rings is 2. The van der Waals surface area contributed by atoms with Crippen molar-refractivity contribution in [3.8, 4) is 0 Å². The molecule has 0 radical (unpaired) electrons. The topological polar surface area (TPSA) is 69.7 Å². The highest BCUT2D eigenvalue weighted by molar-refractivity contribution is 7.92. The maximum absolute atomic E-state index is 13.2. The van der Waals surface area contributed by atoms with Crippen molar-refractivity contribution in [1.82, 2.24) is 10.2 Å². The Morgan fingerprint density at radius 1 is 1.07 bits per heavy atom. The smallest absolute Gasteiger partial charge is 0.241 e. The van der Waals surface area contributed by atoms with Crippen LogP contribution in [0.5, 0.6) is 0 Å². The third kappa shape index (κ3) is 6.01. The molecule has 6 nitrogen and oxygen atoms in total. The Bertz CT molecular complexity index is 942. The van der Waals surface area contributed by atoms with Crippen LogP contribution in [0.2, 0.25) is 0 Å². The van der Waals surface area contributed by atoms with Gasteiger partial charge in [-0.3, -0.25) is 14.0 Å². The summed E-state index contributed by atoms with van der Waals surface area (Å²) in [6, 6.07) is 13.0. The van der Waals surface area contributed by atoms with Crippen LogP contribution < -0.4 is 9.62 Å². The van der Waals surface area contributed by atoms with Crippen LogP contribution in [0, 0.1) is 5.82 Å². The highest BCUT2D eigenvalue weighted by Gasteiger charge is 2.21. The molecule has 29 heavy (non-hydrogen) atoms. The van der Waals surface area contributed by atoms with E-state index in [0.717, 1.165) is 41.3 Å². The fraction of sp³-hybridized carbons (Fsp3) is 0.381. The quantitative estimate of drug-likeness (QED) is 0.714. The van der Waals surface area contributed by atoms with E-state index >= 15 is 0 Å². The van der Waals surface area contributed by atoms with Crippen molar-refractivity contribution in [1.29, 1.82) is 0 Å². The first-order valence-corrected chi connectivity index (χ1v) is 11.5. The van der Waals surface area contributed by atoms with E-state index in [-0.39, 0.29) is 12.2 Å². The van der Waals surface area contributed by atoms with E-state index in [1.807, 2.05) is 18.2 Å². The molecule has 1 heterocycles. The Hall–Kier alpha value is -2.45. The molecule has 1 amide bonds. The number of likely N-dealkylation sites (tertiary alicyclic amines) is 1. The second kappa shape index (κ2) is 9.37. The van der Waals surface area contributed by atoms with Crippen LogP contribution in [-0.2, 0) is 27.9 Å². The molecule has 1 aliphatic rings. The van der Waals surface area contributed by atoms with Gasteiger partial charge in [0.2, 0.25) is 15.9 Å². The predicted molar refractivity (Wildman–Crippen MR) is 111 cm³/mol. The Morgan fingerprint density at radius 3 is 2.31 bits per heavy atom. The van der Waals surface area contributed by atoms with Crippen LogP contribution in [0.25, 0.3) is 0 Å². The first kappa shape index (κ1) is 21.3. The number of nitrogens with one attached hydrogen (secondary N) is 1. The summed E-state index contributed by atoms with van der Waals surface area (Å²) in [6.45, 7) is 2.98. The number of anilines is 1. The molecular formula is C21H26FN3O3S. The van der Waals surface area contributed by atoms with Crippen molar-refractivity contribution in [2.75, 3.05) is 30.2 Å². The van der Waals surface area contributed by atoms with Gasteiger partial charge in [0, 0.05) is 13.1 Å². The minimum Gasteiger partial charge on any atom is -0.350 e. The van der Waals surface area contributed by atoms with Crippen molar-refractivity contribution in [2.24, 2.45) is 0 Å². The van der Waals surface area contributed by atoms with E-state index in [1.165, 1.54) is 37.1 Å². The molecule has 0 atom stereocenters. The summed E-state index contributed by atoms with van der Waals surface area (Å²) in [5.74, 6) is -0.892. The fourth-order valence-electron chi connectivity index (χ4n) is 3.45. The molecule has 0 aliphatic carbocycles. The maximum atomic E-state index is 13.2. The van der Waals surface area contributed by atoms with Crippen LogP contribution in [0.15, 0.2) is 48.5 Å². The lowest BCUT2D eigenvalue weighted by molar-refractivity contribution is -0.119. The van der Waals surface area contributed by atoms with Gasteiger partial charge in [0.05, 0.1) is 11.9 Å². The summed E-state index contributed by atoms with van der Waals surface area (Å²) < 4.78 is 38.4. The average molecular weight is 420 g/mol. The van der Waals surface area contributed by atoms with Gasteiger partial charge in [0.15, 0.2) is 0 Å². The molecule has 0 unspecified atom stereocenters. The van der Waals surface area contributed by atoms with E-state index in [1.54, 1.807) is 0 Å². The maximum Gasteiger partial charge on any atom is 0.241 e. The first-order chi connectivity index (χ1) is 13.8. The number of rotatable bonds is 8. The molecule has 3 rings (SSSR count). The molecule has 0 spiro atoms. The van der Waals surface area contributed by atoms with Crippen molar-refractivity contribution in [2.45, 2.75) is 25.9 Å². The van der Waals surface area contributed by atoms with Crippen LogP contribution in [0.4, 0.5) is 10.1 Å². The zero-order chi connectivity index (χ0) is 20.9. The van der Waals surface area contributed by atoms with Crippen LogP contribution >= 0.6 is 0 Å². The summed E-state index contributed by atoms with van der Waals surface area (Å²) in [5.41, 5.74) is 2.42. The summed E-state index contributed by atoms with van der Waals surface area (Å²) in [7, 11) is -3.69. The summed E-state index contributed by atoms with van der Waals surface area (Å²) in [6.07, 6.45) is 3.45. The summed E-state index contributed by atoms with van der Waals surface area (Å²) >= 11 is 0. The molecule has 0 bridgehead atoms. The third-order valence-electron chi connectivity index (χ3n) is 4.99. The monoisotopic (exact) mass is 419 g/mol. The third-order valence-corrected chi connectivity index (χ3v) is 6.13. The molecule has 1 saturated heterocycles. The Morgan fingerprint density at radius 2 is 1.69 bits per heavy atom. The van der Waals surface area contributed by atoms with Gasteiger partial charge in [-0.15, -0.1) is 0 Å². The highest BCUT2D eigenvalue weighted by atomic mass is 32.2. The number of carbonyl (C=O) groups excluding carboxylic acids is 1. The van der Waals surface area contributed by atoms with Gasteiger partial charge in [0.25, 0.3) is 0 Å². The minimum atomic E-state index is -3.69. The number of carbonyl (C=O) groups is 1. The summed E-state index contributed by atoms with van der Waals surface area (Å²) in [4.78, 5) is 14.9. The summed E-state index contributed by atoms with van der Waals surface area (Å²) in [5, 5.41) is 2.81. The molecule has 8 heteroatoms. The van der Waals surface area contributed by atoms with Gasteiger partial charge in [-0.1, -0.05) is 24.3 Å². The molecule has 1 N–H and O–H groups in total. The van der Waals surface area contributed by atoms with E-state index in [4.69, 9.17) is 0 Å². The van der Waals surface area contributed by atoms with Gasteiger partial charge in [-0.25, -0.2) is 12.8 Å². The largest absolute Gasteiger partial charge is 0.350 e. The van der Waals surface area contributed by atoms with Crippen LogP contribution in [-0.4, -0.2) is 45.1 Å². The number of sulfonamides is 1. The Kier molecular flexibility index (Phi) is 6.87. The van der Waals surface area contributed by atoms with E-state index < -0.39 is 21.7 Å². The van der Waals surface area contributed by atoms with Gasteiger partial charge in [-0.2, -0.15) is 0 Å². The second-order valence-corrected chi connectivity index (χ2v) is 9.18. The zero-order valence-electron chi connectivity index (χ0n) is 16.5. The molecule has 156 valence electrons. The molecule has 0 aromatic heterocycles. The molecule has 2 aromatic rings. The Balaban J connectivity index is 1.64. The molecule has 1 fully saturated rings. The molecule has 2 aromatic carbocycles. The minimum absolute atomic E-state index is 0.249. The standard InChI is InChI=1S/C21H26FN3O3S/c1-29(27,28)25(20-10-8-19(22)9-11-20)16-21(26)23-14-17-6-2-3-7-18(17)15-24-12-4-5-13-24/h2-3,6-11H,4-5,12-16H2,1H3,(H,23,26). The molecule has 0 saturated carbocycles. The lowest BCUT2D eigenvalue weighted by atomic mass is 10.1. The van der Waals surface area contributed by atoms with Gasteiger partial charge in [-0.05, 0) is 61.3 Å². The lowest BCUT2D eigenvalue weighted by Gasteiger charge is -2.22. The number of nitrogens with zero attached hydrogens (tertiary/aromatic N) is 2. The zero-order valence-corrected chi connectivity index (χ0v) is 17.3. The van der Waals surface area contributed by atoms with Crippen molar-refractivity contribution >= 4 is 21.6 Å². The number of halogens is 1. The van der Waals surface area contributed by atoms with Gasteiger partial charge >= 0.3 is 0 Å². The first-order valence-electron chi connectivity index (χ1n) is 9.62. The van der Waals surface area contributed by atoms with Crippen molar-refractivity contribution in [3.05, 3.63) is 65.5 Å². The number of hydrogen-bond acceptors (Lipinski definition) is 4.